The number of furan rings is 1. The Balaban J connectivity index is 2.11. The molecule has 1 heterocycles. The van der Waals surface area contributed by atoms with E-state index in [1.807, 2.05) is 36.4 Å². The van der Waals surface area contributed by atoms with Gasteiger partial charge in [0.1, 0.15) is 17.2 Å². The lowest BCUT2D eigenvalue weighted by atomic mass is 10.1. The molecule has 0 amide bonds. The molecule has 0 bridgehead atoms. The molecular weight excluding hydrogens is 229 g/mol. The number of para-hydroxylation sites is 1. The molecule has 0 spiro atoms. The van der Waals surface area contributed by atoms with Crippen LogP contribution in [0, 0.1) is 5.82 Å². The fourth-order valence-corrected chi connectivity index (χ4v) is 1.99. The van der Waals surface area contributed by atoms with Gasteiger partial charge in [-0.05, 0) is 18.2 Å². The number of rotatable bonds is 2. The Morgan fingerprint density at radius 1 is 1.06 bits per heavy atom. The Bertz CT molecular complexity index is 670. The van der Waals surface area contributed by atoms with Gasteiger partial charge in [-0.1, -0.05) is 30.3 Å². The third kappa shape index (κ3) is 1.79. The summed E-state index contributed by atoms with van der Waals surface area (Å²) in [6, 6.07) is 14.6. The second-order valence-corrected chi connectivity index (χ2v) is 4.16. The van der Waals surface area contributed by atoms with Gasteiger partial charge in [0.25, 0.3) is 0 Å². The van der Waals surface area contributed by atoms with Gasteiger partial charge in [0.05, 0.1) is 0 Å². The minimum absolute atomic E-state index is 0.201. The smallest absolute Gasteiger partial charge is 0.135 e. The summed E-state index contributed by atoms with van der Waals surface area (Å²) in [6.45, 7) is 0.201. The Kier molecular flexibility index (Phi) is 2.61. The summed E-state index contributed by atoms with van der Waals surface area (Å²) in [6.07, 6.45) is 0. The summed E-state index contributed by atoms with van der Waals surface area (Å²) in [4.78, 5) is 0. The van der Waals surface area contributed by atoms with Gasteiger partial charge in [0.2, 0.25) is 0 Å². The van der Waals surface area contributed by atoms with Crippen molar-refractivity contribution < 1.29 is 8.81 Å². The molecule has 2 N–H and O–H groups in total. The number of nitrogens with two attached hydrogens (primary N) is 1. The van der Waals surface area contributed by atoms with Crippen LogP contribution in [0.2, 0.25) is 0 Å². The molecule has 18 heavy (non-hydrogen) atoms. The number of benzene rings is 2. The van der Waals surface area contributed by atoms with Gasteiger partial charge in [0.15, 0.2) is 0 Å². The summed E-state index contributed by atoms with van der Waals surface area (Å²) in [5.74, 6) is 0.370. The zero-order chi connectivity index (χ0) is 12.5. The van der Waals surface area contributed by atoms with Crippen LogP contribution in [-0.2, 0) is 6.54 Å². The van der Waals surface area contributed by atoms with E-state index in [2.05, 4.69) is 0 Å². The first-order valence-electron chi connectivity index (χ1n) is 5.75. The molecule has 0 aliphatic carbocycles. The molecule has 0 atom stereocenters. The van der Waals surface area contributed by atoms with E-state index in [1.165, 1.54) is 6.07 Å². The van der Waals surface area contributed by atoms with E-state index in [4.69, 9.17) is 10.2 Å². The van der Waals surface area contributed by atoms with E-state index in [1.54, 1.807) is 6.07 Å². The van der Waals surface area contributed by atoms with Crippen LogP contribution in [-0.4, -0.2) is 0 Å². The Morgan fingerprint density at radius 3 is 2.61 bits per heavy atom. The van der Waals surface area contributed by atoms with Crippen LogP contribution in [0.5, 0.6) is 0 Å². The highest BCUT2D eigenvalue weighted by Gasteiger charge is 2.08. The molecule has 2 nitrogen and oxygen atoms in total. The molecule has 1 aromatic heterocycles. The van der Waals surface area contributed by atoms with Crippen LogP contribution >= 0.6 is 0 Å². The second-order valence-electron chi connectivity index (χ2n) is 4.16. The van der Waals surface area contributed by atoms with E-state index >= 15 is 0 Å². The van der Waals surface area contributed by atoms with Crippen molar-refractivity contribution in [2.75, 3.05) is 0 Å². The molecule has 0 aliphatic rings. The molecule has 3 heteroatoms. The predicted octanol–water partition coefficient (Wildman–Crippen LogP) is 3.70. The van der Waals surface area contributed by atoms with Gasteiger partial charge in [-0.25, -0.2) is 4.39 Å². The Hall–Kier alpha value is -2.13. The van der Waals surface area contributed by atoms with Crippen molar-refractivity contribution in [1.82, 2.24) is 0 Å². The van der Waals surface area contributed by atoms with Crippen molar-refractivity contribution >= 4 is 11.0 Å². The molecule has 0 aliphatic heterocycles. The lowest BCUT2D eigenvalue weighted by Crippen LogP contribution is -1.99. The molecule has 0 unspecified atom stereocenters. The molecule has 3 rings (SSSR count). The van der Waals surface area contributed by atoms with Gasteiger partial charge in [-0.2, -0.15) is 0 Å². The molecule has 0 saturated carbocycles. The number of halogens is 1. The highest BCUT2D eigenvalue weighted by molar-refractivity contribution is 5.82. The zero-order valence-electron chi connectivity index (χ0n) is 9.69. The molecule has 0 saturated heterocycles. The molecule has 3 aromatic rings. The first-order chi connectivity index (χ1) is 8.78. The monoisotopic (exact) mass is 241 g/mol. The van der Waals surface area contributed by atoms with Gasteiger partial charge >= 0.3 is 0 Å². The standard InChI is InChI=1S/C15H12FNO/c16-13-7-11(5-6-12(13)9-17)15-8-10-3-1-2-4-14(10)18-15/h1-8H,9,17H2. The molecule has 0 radical (unpaired) electrons. The number of fused-ring (bicyclic) bond motifs is 1. The van der Waals surface area contributed by atoms with Crippen molar-refractivity contribution in [2.24, 2.45) is 5.73 Å². The van der Waals surface area contributed by atoms with Crippen LogP contribution in [0.25, 0.3) is 22.3 Å². The average Bonchev–Trinajstić information content (AvgIpc) is 2.82. The zero-order valence-corrected chi connectivity index (χ0v) is 9.69. The van der Waals surface area contributed by atoms with E-state index in [9.17, 15) is 4.39 Å². The van der Waals surface area contributed by atoms with Crippen molar-refractivity contribution in [3.05, 3.63) is 59.9 Å². The van der Waals surface area contributed by atoms with Crippen LogP contribution in [0.4, 0.5) is 4.39 Å². The third-order valence-corrected chi connectivity index (χ3v) is 2.98. The summed E-state index contributed by atoms with van der Waals surface area (Å²) < 4.78 is 19.4. The van der Waals surface area contributed by atoms with Crippen LogP contribution in [0.1, 0.15) is 5.56 Å². The quantitative estimate of drug-likeness (QED) is 0.743. The first kappa shape index (κ1) is 11.0. The normalized spacial score (nSPS) is 11.0. The van der Waals surface area contributed by atoms with Crippen molar-refractivity contribution in [2.45, 2.75) is 6.54 Å². The fourth-order valence-electron chi connectivity index (χ4n) is 1.99. The van der Waals surface area contributed by atoms with Crippen LogP contribution in [0.3, 0.4) is 0 Å². The van der Waals surface area contributed by atoms with E-state index in [0.29, 0.717) is 11.3 Å². The minimum atomic E-state index is -0.296. The maximum Gasteiger partial charge on any atom is 0.135 e. The third-order valence-electron chi connectivity index (χ3n) is 2.98. The maximum absolute atomic E-state index is 13.7. The number of hydrogen-bond donors (Lipinski definition) is 1. The summed E-state index contributed by atoms with van der Waals surface area (Å²) in [5.41, 5.74) is 7.47. The van der Waals surface area contributed by atoms with Crippen molar-refractivity contribution in [3.8, 4) is 11.3 Å². The molecular formula is C15H12FNO. The van der Waals surface area contributed by atoms with Gasteiger partial charge in [-0.15, -0.1) is 0 Å². The maximum atomic E-state index is 13.7. The van der Waals surface area contributed by atoms with Gasteiger partial charge in [-0.3, -0.25) is 0 Å². The number of hydrogen-bond acceptors (Lipinski definition) is 2. The van der Waals surface area contributed by atoms with Gasteiger partial charge < -0.3 is 10.2 Å². The van der Waals surface area contributed by atoms with Crippen molar-refractivity contribution in [3.63, 3.8) is 0 Å². The Morgan fingerprint density at radius 2 is 1.89 bits per heavy atom. The second kappa shape index (κ2) is 4.27. The molecule has 90 valence electrons. The highest BCUT2D eigenvalue weighted by atomic mass is 19.1. The highest BCUT2D eigenvalue weighted by Crippen LogP contribution is 2.28. The fraction of sp³-hybridized carbons (Fsp3) is 0.0667. The molecule has 0 fully saturated rings. The topological polar surface area (TPSA) is 39.2 Å². The first-order valence-corrected chi connectivity index (χ1v) is 5.75. The average molecular weight is 241 g/mol. The van der Waals surface area contributed by atoms with Crippen LogP contribution < -0.4 is 5.73 Å². The van der Waals surface area contributed by atoms with E-state index in [-0.39, 0.29) is 12.4 Å². The lowest BCUT2D eigenvalue weighted by Gasteiger charge is -2.01. The largest absolute Gasteiger partial charge is 0.456 e. The predicted molar refractivity (Wildman–Crippen MR) is 69.5 cm³/mol. The molecule has 2 aromatic carbocycles. The van der Waals surface area contributed by atoms with E-state index < -0.39 is 0 Å². The van der Waals surface area contributed by atoms with Crippen LogP contribution in [0.15, 0.2) is 52.9 Å². The SMILES string of the molecule is NCc1ccc(-c2cc3ccccc3o2)cc1F. The van der Waals surface area contributed by atoms with Crippen molar-refractivity contribution in [1.29, 1.82) is 0 Å². The summed E-state index contributed by atoms with van der Waals surface area (Å²) in [7, 11) is 0. The van der Waals surface area contributed by atoms with Gasteiger partial charge in [0, 0.05) is 23.1 Å². The lowest BCUT2D eigenvalue weighted by molar-refractivity contribution is 0.606. The Labute approximate surface area is 104 Å². The summed E-state index contributed by atoms with van der Waals surface area (Å²) >= 11 is 0. The van der Waals surface area contributed by atoms with E-state index in [0.717, 1.165) is 16.5 Å². The minimum Gasteiger partial charge on any atom is -0.456 e. The summed E-state index contributed by atoms with van der Waals surface area (Å²) in [5, 5.41) is 1.01.